The average Bonchev–Trinajstić information content (AvgIpc) is 2.54. The molecule has 1 aromatic carbocycles. The van der Waals surface area contributed by atoms with Gasteiger partial charge in [-0.2, -0.15) is 0 Å². The van der Waals surface area contributed by atoms with E-state index in [1.54, 1.807) is 19.1 Å². The first-order valence-corrected chi connectivity index (χ1v) is 7.11. The van der Waals surface area contributed by atoms with E-state index < -0.39 is 23.9 Å². The van der Waals surface area contributed by atoms with Gasteiger partial charge in [0, 0.05) is 18.4 Å². The van der Waals surface area contributed by atoms with Crippen LogP contribution in [0.3, 0.4) is 0 Å². The maximum Gasteiger partial charge on any atom is 0.337 e. The predicted octanol–water partition coefficient (Wildman–Crippen LogP) is 1.99. The van der Waals surface area contributed by atoms with Crippen LogP contribution in [0.4, 0.5) is 9.18 Å². The molecule has 1 atom stereocenters. The zero-order chi connectivity index (χ0) is 17.0. The van der Waals surface area contributed by atoms with Crippen molar-refractivity contribution < 1.29 is 23.5 Å². The quantitative estimate of drug-likeness (QED) is 0.842. The fraction of sp³-hybridized carbons (Fsp3) is 0.375. The highest BCUT2D eigenvalue weighted by molar-refractivity contribution is 5.95. The smallest absolute Gasteiger partial charge is 0.337 e. The average molecular weight is 322 g/mol. The number of carbonyl (C=O) groups excluding carboxylic acids is 2. The summed E-state index contributed by atoms with van der Waals surface area (Å²) >= 11 is 0. The van der Waals surface area contributed by atoms with Gasteiger partial charge in [-0.05, 0) is 13.0 Å². The molecule has 0 fully saturated rings. The number of urea groups is 1. The first-order chi connectivity index (χ1) is 11.0. The summed E-state index contributed by atoms with van der Waals surface area (Å²) in [6.45, 7) is 2.22. The predicted molar refractivity (Wildman–Crippen MR) is 81.0 cm³/mol. The molecular weight excluding hydrogens is 303 g/mol. The number of hydrogen-bond donors (Lipinski definition) is 1. The molecule has 1 N–H and O–H groups in total. The number of benzene rings is 1. The first-order valence-electron chi connectivity index (χ1n) is 7.11. The molecule has 0 aliphatic carbocycles. The van der Waals surface area contributed by atoms with Gasteiger partial charge in [0.05, 0.1) is 31.9 Å². The van der Waals surface area contributed by atoms with E-state index in [0.29, 0.717) is 12.3 Å². The van der Waals surface area contributed by atoms with Crippen LogP contribution in [0, 0.1) is 5.82 Å². The molecule has 6 nitrogen and oxygen atoms in total. The van der Waals surface area contributed by atoms with E-state index in [-0.39, 0.29) is 17.7 Å². The van der Waals surface area contributed by atoms with Gasteiger partial charge in [0.15, 0.2) is 0 Å². The molecule has 0 bridgehead atoms. The monoisotopic (exact) mass is 322 g/mol. The third-order valence-electron chi connectivity index (χ3n) is 3.74. The van der Waals surface area contributed by atoms with Crippen molar-refractivity contribution in [1.82, 2.24) is 10.2 Å². The molecule has 124 valence electrons. The maximum absolute atomic E-state index is 14.1. The molecule has 23 heavy (non-hydrogen) atoms. The minimum Gasteiger partial charge on any atom is -0.466 e. The van der Waals surface area contributed by atoms with E-state index in [4.69, 9.17) is 9.47 Å². The van der Waals surface area contributed by atoms with Crippen molar-refractivity contribution in [2.45, 2.75) is 13.0 Å². The molecule has 2 amide bonds. The summed E-state index contributed by atoms with van der Waals surface area (Å²) in [4.78, 5) is 25.9. The van der Waals surface area contributed by atoms with Crippen LogP contribution in [-0.2, 0) is 14.3 Å². The van der Waals surface area contributed by atoms with Crippen LogP contribution in [-0.4, -0.2) is 44.3 Å². The summed E-state index contributed by atoms with van der Waals surface area (Å²) < 4.78 is 23.9. The molecular formula is C16H19FN2O4. The van der Waals surface area contributed by atoms with E-state index in [0.717, 1.165) is 0 Å². The number of amides is 2. The van der Waals surface area contributed by atoms with Gasteiger partial charge in [0.2, 0.25) is 0 Å². The first kappa shape index (κ1) is 17.0. The van der Waals surface area contributed by atoms with Gasteiger partial charge in [0.1, 0.15) is 5.82 Å². The van der Waals surface area contributed by atoms with E-state index in [1.807, 2.05) is 0 Å². The van der Waals surface area contributed by atoms with Gasteiger partial charge < -0.3 is 14.8 Å². The second-order valence-electron chi connectivity index (χ2n) is 5.04. The molecule has 0 saturated heterocycles. The Balaban J connectivity index is 2.51. The van der Waals surface area contributed by atoms with E-state index in [1.165, 1.54) is 31.3 Å². The summed E-state index contributed by atoms with van der Waals surface area (Å²) in [6, 6.07) is 4.69. The summed E-state index contributed by atoms with van der Waals surface area (Å²) in [5.74, 6) is -1.12. The highest BCUT2D eigenvalue weighted by atomic mass is 19.1. The highest BCUT2D eigenvalue weighted by Gasteiger charge is 2.37. The Bertz CT molecular complexity index is 645. The lowest BCUT2D eigenvalue weighted by Crippen LogP contribution is -2.49. The Hall–Kier alpha value is -2.41. The lowest BCUT2D eigenvalue weighted by atomic mass is 9.94. The molecule has 0 saturated carbocycles. The third kappa shape index (κ3) is 3.34. The number of ether oxygens (including phenoxy) is 2. The molecule has 0 radical (unpaired) electrons. The van der Waals surface area contributed by atoms with Crippen molar-refractivity contribution in [2.75, 3.05) is 27.4 Å². The molecule has 1 aliphatic heterocycles. The van der Waals surface area contributed by atoms with Crippen molar-refractivity contribution in [3.63, 3.8) is 0 Å². The van der Waals surface area contributed by atoms with Crippen molar-refractivity contribution in [3.8, 4) is 0 Å². The van der Waals surface area contributed by atoms with Gasteiger partial charge in [-0.3, -0.25) is 4.90 Å². The van der Waals surface area contributed by atoms with Gasteiger partial charge in [-0.15, -0.1) is 0 Å². The van der Waals surface area contributed by atoms with Crippen LogP contribution >= 0.6 is 0 Å². The van der Waals surface area contributed by atoms with Crippen molar-refractivity contribution in [1.29, 1.82) is 0 Å². The minimum atomic E-state index is -0.894. The molecule has 1 heterocycles. The molecule has 1 unspecified atom stereocenters. The highest BCUT2D eigenvalue weighted by Crippen LogP contribution is 2.32. The number of nitrogens with zero attached hydrogens (tertiary/aromatic N) is 1. The molecule has 0 aromatic heterocycles. The zero-order valence-corrected chi connectivity index (χ0v) is 13.3. The largest absolute Gasteiger partial charge is 0.466 e. The number of halogens is 1. The van der Waals surface area contributed by atoms with Gasteiger partial charge in [-0.1, -0.05) is 18.2 Å². The fourth-order valence-electron chi connectivity index (χ4n) is 2.55. The second-order valence-corrected chi connectivity index (χ2v) is 5.04. The molecule has 1 aliphatic rings. The molecule has 0 spiro atoms. The van der Waals surface area contributed by atoms with Crippen LogP contribution in [0.2, 0.25) is 0 Å². The summed E-state index contributed by atoms with van der Waals surface area (Å²) in [6.07, 6.45) is 0. The van der Waals surface area contributed by atoms with E-state index >= 15 is 0 Å². The second kappa shape index (κ2) is 7.23. The number of allylic oxidation sites excluding steroid dienone is 1. The summed E-state index contributed by atoms with van der Waals surface area (Å²) in [7, 11) is 2.77. The van der Waals surface area contributed by atoms with Crippen molar-refractivity contribution in [2.24, 2.45) is 0 Å². The fourth-order valence-corrected chi connectivity index (χ4v) is 2.55. The molecule has 2 rings (SSSR count). The maximum atomic E-state index is 14.1. The van der Waals surface area contributed by atoms with Crippen LogP contribution in [0.15, 0.2) is 35.5 Å². The molecule has 7 heteroatoms. The number of nitrogens with one attached hydrogen (secondary N) is 1. The van der Waals surface area contributed by atoms with E-state index in [9.17, 15) is 14.0 Å². The van der Waals surface area contributed by atoms with Crippen LogP contribution in [0.5, 0.6) is 0 Å². The lowest BCUT2D eigenvalue weighted by Gasteiger charge is -2.35. The number of hydrogen-bond acceptors (Lipinski definition) is 4. The topological polar surface area (TPSA) is 67.9 Å². The Morgan fingerprint density at radius 2 is 2.04 bits per heavy atom. The lowest BCUT2D eigenvalue weighted by molar-refractivity contribution is -0.136. The Morgan fingerprint density at radius 3 is 2.65 bits per heavy atom. The standard InChI is InChI=1S/C16H19FN2O4/c1-10-13(15(20)23-3)14(11-6-4-5-7-12(11)17)18-16(21)19(10)8-9-22-2/h4-7,14H,8-9H2,1-3H3,(H,18,21). The minimum absolute atomic E-state index is 0.202. The summed E-state index contributed by atoms with van der Waals surface area (Å²) in [5.41, 5.74) is 0.839. The molecule has 1 aromatic rings. The third-order valence-corrected chi connectivity index (χ3v) is 3.74. The zero-order valence-electron chi connectivity index (χ0n) is 13.3. The van der Waals surface area contributed by atoms with Crippen LogP contribution < -0.4 is 5.32 Å². The van der Waals surface area contributed by atoms with Crippen molar-refractivity contribution in [3.05, 3.63) is 46.9 Å². The van der Waals surface area contributed by atoms with Crippen LogP contribution in [0.25, 0.3) is 0 Å². The Labute approximate surface area is 133 Å². The van der Waals surface area contributed by atoms with Gasteiger partial charge in [-0.25, -0.2) is 14.0 Å². The van der Waals surface area contributed by atoms with Crippen molar-refractivity contribution >= 4 is 12.0 Å². The number of rotatable bonds is 5. The van der Waals surface area contributed by atoms with E-state index in [2.05, 4.69) is 5.32 Å². The summed E-state index contributed by atoms with van der Waals surface area (Å²) in [5, 5.41) is 2.66. The number of carbonyl (C=O) groups is 2. The van der Waals surface area contributed by atoms with Gasteiger partial charge in [0.25, 0.3) is 0 Å². The SMILES string of the molecule is COCCN1C(=O)NC(c2ccccc2F)C(C(=O)OC)=C1C. The van der Waals surface area contributed by atoms with Gasteiger partial charge >= 0.3 is 12.0 Å². The normalized spacial score (nSPS) is 18.0. The Kier molecular flexibility index (Phi) is 5.33. The Morgan fingerprint density at radius 1 is 1.35 bits per heavy atom. The van der Waals surface area contributed by atoms with Crippen LogP contribution in [0.1, 0.15) is 18.5 Å². The number of methoxy groups -OCH3 is 2. The number of esters is 1.